The minimum absolute atomic E-state index is 0.0786. The number of likely N-dealkylation sites (tertiary alicyclic amines) is 1. The lowest BCUT2D eigenvalue weighted by molar-refractivity contribution is 0.0616. The number of benzene rings is 1. The topological polar surface area (TPSA) is 41.4 Å². The predicted octanol–water partition coefficient (Wildman–Crippen LogP) is 3.53. The number of halogens is 1. The average Bonchev–Trinajstić information content (AvgIpc) is 3.25. The number of aromatic nitrogens is 2. The van der Waals surface area contributed by atoms with E-state index in [9.17, 15) is 9.18 Å². The van der Waals surface area contributed by atoms with Crippen LogP contribution in [-0.2, 0) is 7.05 Å². The van der Waals surface area contributed by atoms with Crippen LogP contribution in [0.2, 0.25) is 0 Å². The molecule has 0 radical (unpaired) electrons. The quantitative estimate of drug-likeness (QED) is 0.812. The molecule has 5 nitrogen and oxygen atoms in total. The highest BCUT2D eigenvalue weighted by Crippen LogP contribution is 2.47. The summed E-state index contributed by atoms with van der Waals surface area (Å²) in [6, 6.07) is 6.69. The van der Waals surface area contributed by atoms with Crippen molar-refractivity contribution in [2.75, 3.05) is 18.0 Å². The smallest absolute Gasteiger partial charge is 0.257 e. The molecule has 2 aromatic rings. The van der Waals surface area contributed by atoms with Gasteiger partial charge in [-0.1, -0.05) is 0 Å². The zero-order chi connectivity index (χ0) is 19.4. The van der Waals surface area contributed by atoms with Gasteiger partial charge in [0.15, 0.2) is 0 Å². The Balaban J connectivity index is 1.67. The highest BCUT2D eigenvalue weighted by Gasteiger charge is 2.55. The zero-order valence-corrected chi connectivity index (χ0v) is 16.5. The summed E-state index contributed by atoms with van der Waals surface area (Å²) in [5.74, 6) is -0.148. The normalized spacial score (nSPS) is 24.2. The number of rotatable bonds is 2. The second-order valence-electron chi connectivity index (χ2n) is 8.60. The third-order valence-electron chi connectivity index (χ3n) is 6.39. The van der Waals surface area contributed by atoms with Crippen molar-refractivity contribution in [2.45, 2.75) is 51.1 Å². The van der Waals surface area contributed by atoms with Crippen molar-refractivity contribution in [3.8, 4) is 0 Å². The molecule has 1 amide bonds. The zero-order valence-electron chi connectivity index (χ0n) is 16.5. The molecule has 1 unspecified atom stereocenters. The molecule has 2 aliphatic rings. The van der Waals surface area contributed by atoms with Gasteiger partial charge in [0, 0.05) is 37.1 Å². The van der Waals surface area contributed by atoms with Crippen molar-refractivity contribution in [2.24, 2.45) is 7.05 Å². The number of anilines is 1. The van der Waals surface area contributed by atoms with Crippen LogP contribution in [0.4, 0.5) is 10.1 Å². The number of aryl methyl sites for hydroxylation is 1. The number of hydrogen-bond acceptors (Lipinski definition) is 3. The van der Waals surface area contributed by atoms with Crippen LogP contribution in [0.25, 0.3) is 0 Å². The van der Waals surface area contributed by atoms with Crippen molar-refractivity contribution in [3.63, 3.8) is 0 Å². The molecule has 1 aromatic heterocycles. The molecule has 2 fully saturated rings. The van der Waals surface area contributed by atoms with Crippen molar-refractivity contribution < 1.29 is 9.18 Å². The number of carbonyl (C=O) groups excluding carboxylic acids is 1. The van der Waals surface area contributed by atoms with Gasteiger partial charge in [-0.15, -0.1) is 0 Å². The fraction of sp³-hybridized carbons (Fsp3) is 0.524. The lowest BCUT2D eigenvalue weighted by Crippen LogP contribution is -2.49. The number of carbonyl (C=O) groups is 1. The molecule has 6 heteroatoms. The summed E-state index contributed by atoms with van der Waals surface area (Å²) in [4.78, 5) is 17.7. The SMILES string of the molecule is Cc1c(C(=O)N2CCCC23CN(c2ccc(F)cc2)C(C)(C)C3)cnn1C. The Morgan fingerprint density at radius 2 is 1.93 bits per heavy atom. The van der Waals surface area contributed by atoms with E-state index in [1.165, 1.54) is 12.1 Å². The number of nitrogens with zero attached hydrogens (tertiary/aromatic N) is 4. The Bertz CT molecular complexity index is 873. The summed E-state index contributed by atoms with van der Waals surface area (Å²) in [5, 5.41) is 4.25. The van der Waals surface area contributed by atoms with Crippen LogP contribution in [0.15, 0.2) is 30.5 Å². The lowest BCUT2D eigenvalue weighted by Gasteiger charge is -2.35. The number of amides is 1. The monoisotopic (exact) mass is 370 g/mol. The molecule has 1 spiro atoms. The molecule has 0 aliphatic carbocycles. The summed E-state index contributed by atoms with van der Waals surface area (Å²) in [5.41, 5.74) is 2.31. The van der Waals surface area contributed by atoms with E-state index in [2.05, 4.69) is 28.7 Å². The van der Waals surface area contributed by atoms with Crippen LogP contribution in [0, 0.1) is 12.7 Å². The largest absolute Gasteiger partial charge is 0.364 e. The van der Waals surface area contributed by atoms with Crippen LogP contribution < -0.4 is 4.90 Å². The molecule has 1 aromatic carbocycles. The molecule has 2 aliphatic heterocycles. The minimum Gasteiger partial charge on any atom is -0.364 e. The van der Waals surface area contributed by atoms with Crippen molar-refractivity contribution in [1.82, 2.24) is 14.7 Å². The predicted molar refractivity (Wildman–Crippen MR) is 103 cm³/mol. The standard InChI is InChI=1S/C21H27FN4O/c1-15-18(12-23-24(15)4)19(27)25-11-5-10-21(25)13-20(2,3)26(14-21)17-8-6-16(22)7-9-17/h6-9,12H,5,10-11,13-14H2,1-4H3. The van der Waals surface area contributed by atoms with Crippen molar-refractivity contribution >= 4 is 11.6 Å². The van der Waals surface area contributed by atoms with Gasteiger partial charge in [0.1, 0.15) is 5.82 Å². The third-order valence-corrected chi connectivity index (χ3v) is 6.39. The lowest BCUT2D eigenvalue weighted by atomic mass is 9.87. The van der Waals surface area contributed by atoms with E-state index in [0.717, 1.165) is 43.7 Å². The van der Waals surface area contributed by atoms with Gasteiger partial charge in [-0.3, -0.25) is 9.48 Å². The molecule has 0 N–H and O–H groups in total. The molecule has 4 rings (SSSR count). The average molecular weight is 370 g/mol. The van der Waals surface area contributed by atoms with E-state index in [1.54, 1.807) is 10.9 Å². The first-order valence-electron chi connectivity index (χ1n) is 9.57. The maximum absolute atomic E-state index is 13.4. The molecular formula is C21H27FN4O. The van der Waals surface area contributed by atoms with Gasteiger partial charge in [0.25, 0.3) is 5.91 Å². The van der Waals surface area contributed by atoms with Gasteiger partial charge in [0.2, 0.25) is 0 Å². The molecule has 0 saturated carbocycles. The van der Waals surface area contributed by atoms with E-state index in [0.29, 0.717) is 5.56 Å². The van der Waals surface area contributed by atoms with Crippen LogP contribution in [0.1, 0.15) is 49.2 Å². The summed E-state index contributed by atoms with van der Waals surface area (Å²) in [7, 11) is 1.86. The Labute approximate surface area is 159 Å². The first-order valence-corrected chi connectivity index (χ1v) is 9.57. The van der Waals surface area contributed by atoms with Crippen LogP contribution in [-0.4, -0.2) is 44.8 Å². The van der Waals surface area contributed by atoms with Gasteiger partial charge < -0.3 is 9.80 Å². The Morgan fingerprint density at radius 3 is 2.56 bits per heavy atom. The Hall–Kier alpha value is -2.37. The van der Waals surface area contributed by atoms with Crippen molar-refractivity contribution in [3.05, 3.63) is 47.5 Å². The van der Waals surface area contributed by atoms with E-state index >= 15 is 0 Å². The van der Waals surface area contributed by atoms with E-state index in [1.807, 2.05) is 26.1 Å². The highest BCUT2D eigenvalue weighted by molar-refractivity contribution is 5.96. The first-order chi connectivity index (χ1) is 12.7. The molecule has 2 saturated heterocycles. The minimum atomic E-state index is -0.227. The summed E-state index contributed by atoms with van der Waals surface area (Å²) in [6.07, 6.45) is 4.60. The van der Waals surface area contributed by atoms with E-state index in [-0.39, 0.29) is 22.8 Å². The maximum Gasteiger partial charge on any atom is 0.257 e. The first kappa shape index (κ1) is 18.0. The fourth-order valence-electron chi connectivity index (χ4n) is 4.98. The summed E-state index contributed by atoms with van der Waals surface area (Å²) < 4.78 is 15.1. The number of hydrogen-bond donors (Lipinski definition) is 0. The molecule has 27 heavy (non-hydrogen) atoms. The van der Waals surface area contributed by atoms with Gasteiger partial charge in [-0.05, 0) is 64.3 Å². The third kappa shape index (κ3) is 2.82. The Morgan fingerprint density at radius 1 is 1.22 bits per heavy atom. The molecule has 144 valence electrons. The fourth-order valence-corrected chi connectivity index (χ4v) is 4.98. The van der Waals surface area contributed by atoms with E-state index in [4.69, 9.17) is 0 Å². The van der Waals surface area contributed by atoms with Crippen LogP contribution in [0.3, 0.4) is 0 Å². The second-order valence-corrected chi connectivity index (χ2v) is 8.60. The van der Waals surface area contributed by atoms with Crippen molar-refractivity contribution in [1.29, 1.82) is 0 Å². The second kappa shape index (κ2) is 6.08. The van der Waals surface area contributed by atoms with Gasteiger partial charge in [-0.2, -0.15) is 5.10 Å². The summed E-state index contributed by atoms with van der Waals surface area (Å²) in [6.45, 7) is 7.91. The molecular weight excluding hydrogens is 343 g/mol. The van der Waals surface area contributed by atoms with Gasteiger partial charge in [-0.25, -0.2) is 4.39 Å². The molecule has 3 heterocycles. The summed E-state index contributed by atoms with van der Waals surface area (Å²) >= 11 is 0. The van der Waals surface area contributed by atoms with Gasteiger partial charge in [0.05, 0.1) is 17.3 Å². The van der Waals surface area contributed by atoms with Crippen LogP contribution in [0.5, 0.6) is 0 Å². The van der Waals surface area contributed by atoms with Crippen LogP contribution >= 0.6 is 0 Å². The van der Waals surface area contributed by atoms with E-state index < -0.39 is 0 Å². The Kier molecular flexibility index (Phi) is 4.05. The molecule has 0 bridgehead atoms. The maximum atomic E-state index is 13.4. The highest BCUT2D eigenvalue weighted by atomic mass is 19.1. The van der Waals surface area contributed by atoms with Gasteiger partial charge >= 0.3 is 0 Å². The molecule has 1 atom stereocenters.